The van der Waals surface area contributed by atoms with Crippen LogP contribution in [-0.4, -0.2) is 39.9 Å². The van der Waals surface area contributed by atoms with Crippen LogP contribution in [-0.2, 0) is 20.8 Å². The SMILES string of the molecule is COCCNCc1cc(Cl)cc(Cl)c1OCCC(=O)OC. The molecule has 21 heavy (non-hydrogen) atoms. The third kappa shape index (κ3) is 6.52. The minimum absolute atomic E-state index is 0.159. The average molecular weight is 336 g/mol. The Morgan fingerprint density at radius 2 is 2.00 bits per heavy atom. The Bertz CT molecular complexity index is 469. The Kier molecular flexibility index (Phi) is 8.45. The van der Waals surface area contributed by atoms with E-state index in [2.05, 4.69) is 10.1 Å². The molecule has 0 atom stereocenters. The van der Waals surface area contributed by atoms with E-state index >= 15 is 0 Å². The number of nitrogens with one attached hydrogen (secondary N) is 1. The maximum atomic E-state index is 11.1. The zero-order chi connectivity index (χ0) is 15.7. The highest BCUT2D eigenvalue weighted by Crippen LogP contribution is 2.32. The summed E-state index contributed by atoms with van der Waals surface area (Å²) < 4.78 is 15.1. The van der Waals surface area contributed by atoms with Crippen molar-refractivity contribution in [2.45, 2.75) is 13.0 Å². The Balaban J connectivity index is 2.68. The first-order valence-electron chi connectivity index (χ1n) is 6.45. The van der Waals surface area contributed by atoms with E-state index in [-0.39, 0.29) is 19.0 Å². The lowest BCUT2D eigenvalue weighted by Crippen LogP contribution is -2.19. The van der Waals surface area contributed by atoms with Gasteiger partial charge in [0, 0.05) is 30.8 Å². The molecule has 7 heteroatoms. The van der Waals surface area contributed by atoms with Crippen LogP contribution in [0.25, 0.3) is 0 Å². The Hall–Kier alpha value is -1.01. The van der Waals surface area contributed by atoms with Gasteiger partial charge < -0.3 is 19.5 Å². The average Bonchev–Trinajstić information content (AvgIpc) is 2.45. The standard InChI is InChI=1S/C14H19Cl2NO4/c1-19-6-4-17-9-10-7-11(15)8-12(16)14(10)21-5-3-13(18)20-2/h7-8,17H,3-6,9H2,1-2H3. The number of rotatable bonds is 9. The van der Waals surface area contributed by atoms with Crippen molar-refractivity contribution in [2.75, 3.05) is 34.0 Å². The van der Waals surface area contributed by atoms with Crippen LogP contribution in [0.2, 0.25) is 10.0 Å². The molecule has 0 spiro atoms. The molecule has 118 valence electrons. The molecular weight excluding hydrogens is 317 g/mol. The lowest BCUT2D eigenvalue weighted by atomic mass is 10.2. The number of carbonyl (C=O) groups is 1. The first-order chi connectivity index (χ1) is 10.1. The molecular formula is C14H19Cl2NO4. The van der Waals surface area contributed by atoms with Crippen LogP contribution < -0.4 is 10.1 Å². The molecule has 0 amide bonds. The van der Waals surface area contributed by atoms with Crippen molar-refractivity contribution < 1.29 is 19.0 Å². The van der Waals surface area contributed by atoms with Gasteiger partial charge in [-0.1, -0.05) is 23.2 Å². The van der Waals surface area contributed by atoms with Gasteiger partial charge in [-0.3, -0.25) is 4.79 Å². The molecule has 0 fully saturated rings. The summed E-state index contributed by atoms with van der Waals surface area (Å²) in [6, 6.07) is 3.38. The molecule has 0 heterocycles. The van der Waals surface area contributed by atoms with E-state index < -0.39 is 0 Å². The molecule has 0 bridgehead atoms. The second kappa shape index (κ2) is 9.84. The summed E-state index contributed by atoms with van der Waals surface area (Å²) in [5, 5.41) is 4.14. The molecule has 0 aromatic heterocycles. The molecule has 0 saturated heterocycles. The fraction of sp³-hybridized carbons (Fsp3) is 0.500. The summed E-state index contributed by atoms with van der Waals surface area (Å²) in [7, 11) is 2.97. The van der Waals surface area contributed by atoms with Gasteiger partial charge in [-0.15, -0.1) is 0 Å². The highest BCUT2D eigenvalue weighted by atomic mass is 35.5. The topological polar surface area (TPSA) is 56.8 Å². The van der Waals surface area contributed by atoms with Gasteiger partial charge in [0.1, 0.15) is 5.75 Å². The monoisotopic (exact) mass is 335 g/mol. The molecule has 0 saturated carbocycles. The summed E-state index contributed by atoms with van der Waals surface area (Å²) in [4.78, 5) is 11.1. The van der Waals surface area contributed by atoms with Gasteiger partial charge in [-0.05, 0) is 12.1 Å². The van der Waals surface area contributed by atoms with Crippen LogP contribution in [0.4, 0.5) is 0 Å². The van der Waals surface area contributed by atoms with E-state index in [0.717, 1.165) is 5.56 Å². The maximum Gasteiger partial charge on any atom is 0.308 e. The van der Waals surface area contributed by atoms with Crippen LogP contribution in [0.1, 0.15) is 12.0 Å². The number of benzene rings is 1. The van der Waals surface area contributed by atoms with Crippen LogP contribution in [0.3, 0.4) is 0 Å². The molecule has 1 N–H and O–H groups in total. The van der Waals surface area contributed by atoms with Gasteiger partial charge in [0.15, 0.2) is 0 Å². The van der Waals surface area contributed by atoms with Gasteiger partial charge in [0.25, 0.3) is 0 Å². The number of ether oxygens (including phenoxy) is 3. The summed E-state index contributed by atoms with van der Waals surface area (Å²) in [5.41, 5.74) is 0.827. The fourth-order valence-electron chi connectivity index (χ4n) is 1.64. The van der Waals surface area contributed by atoms with Crippen LogP contribution in [0.5, 0.6) is 5.75 Å². The van der Waals surface area contributed by atoms with Crippen molar-refractivity contribution in [3.05, 3.63) is 27.7 Å². The molecule has 1 rings (SSSR count). The molecule has 0 aliphatic carbocycles. The summed E-state index contributed by atoms with van der Waals surface area (Å²) >= 11 is 12.1. The van der Waals surface area contributed by atoms with E-state index in [1.54, 1.807) is 19.2 Å². The fourth-order valence-corrected chi connectivity index (χ4v) is 2.23. The first kappa shape index (κ1) is 18.0. The first-order valence-corrected chi connectivity index (χ1v) is 7.21. The van der Waals surface area contributed by atoms with Gasteiger partial charge in [-0.25, -0.2) is 0 Å². The largest absolute Gasteiger partial charge is 0.491 e. The molecule has 0 unspecified atom stereocenters. The molecule has 0 aliphatic heterocycles. The van der Waals surface area contributed by atoms with Crippen LogP contribution in [0.15, 0.2) is 12.1 Å². The molecule has 0 aliphatic rings. The highest BCUT2D eigenvalue weighted by molar-refractivity contribution is 6.35. The number of hydrogen-bond donors (Lipinski definition) is 1. The Labute approximate surface area is 134 Å². The molecule has 1 aromatic carbocycles. The Morgan fingerprint density at radius 1 is 1.24 bits per heavy atom. The van der Waals surface area contributed by atoms with Crippen molar-refractivity contribution in [3.8, 4) is 5.75 Å². The quantitative estimate of drug-likeness (QED) is 0.555. The van der Waals surface area contributed by atoms with Gasteiger partial charge in [0.05, 0.1) is 31.8 Å². The van der Waals surface area contributed by atoms with Gasteiger partial charge in [0.2, 0.25) is 0 Å². The molecule has 5 nitrogen and oxygen atoms in total. The maximum absolute atomic E-state index is 11.1. The highest BCUT2D eigenvalue weighted by Gasteiger charge is 2.11. The summed E-state index contributed by atoms with van der Waals surface area (Å²) in [5.74, 6) is 0.190. The predicted octanol–water partition coefficient (Wildman–Crippen LogP) is 2.67. The van der Waals surface area contributed by atoms with E-state index in [0.29, 0.717) is 35.5 Å². The molecule has 0 radical (unpaired) electrons. The van der Waals surface area contributed by atoms with Gasteiger partial charge in [-0.2, -0.15) is 0 Å². The third-order valence-corrected chi connectivity index (χ3v) is 3.16. The zero-order valence-electron chi connectivity index (χ0n) is 12.1. The minimum Gasteiger partial charge on any atom is -0.491 e. The van der Waals surface area contributed by atoms with Crippen LogP contribution in [0, 0.1) is 0 Å². The number of hydrogen-bond acceptors (Lipinski definition) is 5. The van der Waals surface area contributed by atoms with Crippen molar-refractivity contribution in [1.29, 1.82) is 0 Å². The second-order valence-corrected chi connectivity index (χ2v) is 5.06. The van der Waals surface area contributed by atoms with Crippen LogP contribution >= 0.6 is 23.2 Å². The number of esters is 1. The Morgan fingerprint density at radius 3 is 2.67 bits per heavy atom. The van der Waals surface area contributed by atoms with E-state index in [4.69, 9.17) is 32.7 Å². The van der Waals surface area contributed by atoms with E-state index in [1.807, 2.05) is 0 Å². The summed E-state index contributed by atoms with van der Waals surface area (Å²) in [6.45, 7) is 2.03. The third-order valence-electron chi connectivity index (χ3n) is 2.66. The normalized spacial score (nSPS) is 10.5. The lowest BCUT2D eigenvalue weighted by molar-refractivity contribution is -0.141. The van der Waals surface area contributed by atoms with E-state index in [9.17, 15) is 4.79 Å². The minimum atomic E-state index is -0.333. The second-order valence-electron chi connectivity index (χ2n) is 4.22. The molecule has 1 aromatic rings. The number of halogens is 2. The number of carbonyl (C=O) groups excluding carboxylic acids is 1. The lowest BCUT2D eigenvalue weighted by Gasteiger charge is -2.14. The smallest absolute Gasteiger partial charge is 0.308 e. The summed E-state index contributed by atoms with van der Waals surface area (Å²) in [6.07, 6.45) is 0.159. The number of methoxy groups -OCH3 is 2. The van der Waals surface area contributed by atoms with E-state index in [1.165, 1.54) is 7.11 Å². The van der Waals surface area contributed by atoms with Crippen molar-refractivity contribution in [3.63, 3.8) is 0 Å². The van der Waals surface area contributed by atoms with Gasteiger partial charge >= 0.3 is 5.97 Å². The zero-order valence-corrected chi connectivity index (χ0v) is 13.6. The predicted molar refractivity (Wildman–Crippen MR) is 82.2 cm³/mol. The van der Waals surface area contributed by atoms with Crippen molar-refractivity contribution >= 4 is 29.2 Å². The van der Waals surface area contributed by atoms with Crippen molar-refractivity contribution in [1.82, 2.24) is 5.32 Å². The van der Waals surface area contributed by atoms with Crippen molar-refractivity contribution in [2.24, 2.45) is 0 Å².